The smallest absolute Gasteiger partial charge is 0.0179 e. The summed E-state index contributed by atoms with van der Waals surface area (Å²) in [5.41, 5.74) is 1.39. The van der Waals surface area contributed by atoms with Gasteiger partial charge in [0, 0.05) is 11.9 Å². The third kappa shape index (κ3) is 3.71. The zero-order chi connectivity index (χ0) is 11.1. The average Bonchev–Trinajstić information content (AvgIpc) is 2.78. The number of nitrogens with one attached hydrogen (secondary N) is 1. The lowest BCUT2D eigenvalue weighted by molar-refractivity contribution is 0.288. The molecule has 0 aliphatic heterocycles. The van der Waals surface area contributed by atoms with Crippen LogP contribution in [0.4, 0.5) is 0 Å². The Kier molecular flexibility index (Phi) is 5.48. The minimum Gasteiger partial charge on any atom is -0.365 e. The maximum absolute atomic E-state index is 3.33. The molecule has 0 aliphatic rings. The fourth-order valence-corrected chi connectivity index (χ4v) is 2.06. The highest BCUT2D eigenvalue weighted by Crippen LogP contribution is 2.21. The second kappa shape index (κ2) is 6.67. The van der Waals surface area contributed by atoms with Crippen molar-refractivity contribution < 1.29 is 0 Å². The van der Waals surface area contributed by atoms with Crippen molar-refractivity contribution >= 4 is 0 Å². The van der Waals surface area contributed by atoms with Gasteiger partial charge in [0.05, 0.1) is 0 Å². The number of hydrogen-bond acceptors (Lipinski definition) is 1. The second-order valence-electron chi connectivity index (χ2n) is 4.05. The quantitative estimate of drug-likeness (QED) is 0.729. The van der Waals surface area contributed by atoms with Crippen LogP contribution in [0.15, 0.2) is 18.3 Å². The molecule has 0 saturated heterocycles. The first-order valence-corrected chi connectivity index (χ1v) is 6.17. The molecule has 0 spiro atoms. The Balaban J connectivity index is 2.41. The molecule has 0 bridgehead atoms. The zero-order valence-corrected chi connectivity index (χ0v) is 10.3. The van der Waals surface area contributed by atoms with Gasteiger partial charge in [0.2, 0.25) is 0 Å². The minimum absolute atomic E-state index is 0.695. The van der Waals surface area contributed by atoms with Crippen LogP contribution in [0.5, 0.6) is 0 Å². The predicted octanol–water partition coefficient (Wildman–Crippen LogP) is 3.24. The molecular formula is C13H24N2. The maximum Gasteiger partial charge on any atom is 0.0179 e. The molecule has 2 heteroatoms. The highest BCUT2D eigenvalue weighted by molar-refractivity contribution is 5.09. The largest absolute Gasteiger partial charge is 0.365 e. The van der Waals surface area contributed by atoms with Crippen LogP contribution < -0.4 is 0 Å². The average molecular weight is 208 g/mol. The standard InChI is InChI=1S/C13H24N2/c1-4-12(13-8-7-10-14-13)9-11-15(5-2)6-3/h7-8,10,12,14H,4-6,9,11H2,1-3H3. The molecule has 0 amide bonds. The van der Waals surface area contributed by atoms with Crippen LogP contribution in [0, 0.1) is 0 Å². The topological polar surface area (TPSA) is 19.0 Å². The van der Waals surface area contributed by atoms with Crippen LogP contribution >= 0.6 is 0 Å². The first-order chi connectivity index (χ1) is 7.31. The summed E-state index contributed by atoms with van der Waals surface area (Å²) in [6, 6.07) is 4.30. The van der Waals surface area contributed by atoms with Gasteiger partial charge in [0.25, 0.3) is 0 Å². The van der Waals surface area contributed by atoms with Gasteiger partial charge < -0.3 is 9.88 Å². The van der Waals surface area contributed by atoms with Gasteiger partial charge >= 0.3 is 0 Å². The summed E-state index contributed by atoms with van der Waals surface area (Å²) >= 11 is 0. The monoisotopic (exact) mass is 208 g/mol. The van der Waals surface area contributed by atoms with Crippen molar-refractivity contribution in [1.29, 1.82) is 0 Å². The molecule has 1 heterocycles. The highest BCUT2D eigenvalue weighted by Gasteiger charge is 2.11. The maximum atomic E-state index is 3.33. The molecule has 0 aromatic carbocycles. The van der Waals surface area contributed by atoms with E-state index in [4.69, 9.17) is 0 Å². The number of H-pyrrole nitrogens is 1. The molecule has 1 rings (SSSR count). The van der Waals surface area contributed by atoms with E-state index < -0.39 is 0 Å². The lowest BCUT2D eigenvalue weighted by atomic mass is 9.98. The number of aromatic nitrogens is 1. The fraction of sp³-hybridized carbons (Fsp3) is 0.692. The zero-order valence-electron chi connectivity index (χ0n) is 10.3. The summed E-state index contributed by atoms with van der Waals surface area (Å²) in [6.45, 7) is 10.3. The van der Waals surface area contributed by atoms with E-state index in [1.54, 1.807) is 0 Å². The van der Waals surface area contributed by atoms with E-state index in [2.05, 4.69) is 42.8 Å². The molecule has 1 aromatic rings. The molecule has 15 heavy (non-hydrogen) atoms. The Labute approximate surface area is 93.7 Å². The molecule has 0 saturated carbocycles. The Bertz CT molecular complexity index is 237. The van der Waals surface area contributed by atoms with Gasteiger partial charge in [-0.1, -0.05) is 20.8 Å². The van der Waals surface area contributed by atoms with Gasteiger partial charge in [-0.15, -0.1) is 0 Å². The van der Waals surface area contributed by atoms with E-state index >= 15 is 0 Å². The first-order valence-electron chi connectivity index (χ1n) is 6.17. The summed E-state index contributed by atoms with van der Waals surface area (Å²) in [6.07, 6.45) is 4.51. The molecule has 1 aromatic heterocycles. The van der Waals surface area contributed by atoms with Crippen LogP contribution in [0.1, 0.15) is 45.2 Å². The number of rotatable bonds is 7. The molecule has 86 valence electrons. The van der Waals surface area contributed by atoms with Crippen molar-refractivity contribution in [3.8, 4) is 0 Å². The van der Waals surface area contributed by atoms with Gasteiger partial charge in [-0.05, 0) is 50.5 Å². The van der Waals surface area contributed by atoms with Gasteiger partial charge in [-0.25, -0.2) is 0 Å². The Morgan fingerprint density at radius 1 is 1.27 bits per heavy atom. The van der Waals surface area contributed by atoms with Crippen molar-refractivity contribution in [2.24, 2.45) is 0 Å². The van der Waals surface area contributed by atoms with Crippen LogP contribution in [0.2, 0.25) is 0 Å². The van der Waals surface area contributed by atoms with Crippen molar-refractivity contribution in [2.45, 2.75) is 39.5 Å². The normalized spacial score (nSPS) is 13.3. The van der Waals surface area contributed by atoms with Crippen LogP contribution in [0.3, 0.4) is 0 Å². The van der Waals surface area contributed by atoms with Crippen LogP contribution in [0.25, 0.3) is 0 Å². The summed E-state index contributed by atoms with van der Waals surface area (Å²) in [5.74, 6) is 0.695. The van der Waals surface area contributed by atoms with Crippen molar-refractivity contribution in [2.75, 3.05) is 19.6 Å². The third-order valence-corrected chi connectivity index (χ3v) is 3.24. The van der Waals surface area contributed by atoms with E-state index in [1.807, 2.05) is 6.20 Å². The lowest BCUT2D eigenvalue weighted by Gasteiger charge is -2.21. The van der Waals surface area contributed by atoms with Gasteiger partial charge in [-0.3, -0.25) is 0 Å². The molecule has 2 nitrogen and oxygen atoms in total. The van der Waals surface area contributed by atoms with E-state index in [-0.39, 0.29) is 0 Å². The van der Waals surface area contributed by atoms with Crippen LogP contribution in [-0.4, -0.2) is 29.5 Å². The Morgan fingerprint density at radius 3 is 2.47 bits per heavy atom. The second-order valence-corrected chi connectivity index (χ2v) is 4.05. The summed E-state index contributed by atoms with van der Waals surface area (Å²) < 4.78 is 0. The van der Waals surface area contributed by atoms with E-state index in [9.17, 15) is 0 Å². The fourth-order valence-electron chi connectivity index (χ4n) is 2.06. The number of hydrogen-bond donors (Lipinski definition) is 1. The van der Waals surface area contributed by atoms with Gasteiger partial charge in [0.15, 0.2) is 0 Å². The Hall–Kier alpha value is -0.760. The molecule has 1 unspecified atom stereocenters. The minimum atomic E-state index is 0.695. The molecule has 0 radical (unpaired) electrons. The van der Waals surface area contributed by atoms with E-state index in [0.29, 0.717) is 5.92 Å². The summed E-state index contributed by atoms with van der Waals surface area (Å²) in [4.78, 5) is 5.82. The predicted molar refractivity (Wildman–Crippen MR) is 66.2 cm³/mol. The Morgan fingerprint density at radius 2 is 2.00 bits per heavy atom. The summed E-state index contributed by atoms with van der Waals surface area (Å²) in [5, 5.41) is 0. The third-order valence-electron chi connectivity index (χ3n) is 3.24. The van der Waals surface area contributed by atoms with Gasteiger partial charge in [0.1, 0.15) is 0 Å². The van der Waals surface area contributed by atoms with Crippen molar-refractivity contribution in [3.05, 3.63) is 24.0 Å². The molecular weight excluding hydrogens is 184 g/mol. The highest BCUT2D eigenvalue weighted by atomic mass is 15.1. The van der Waals surface area contributed by atoms with Gasteiger partial charge in [-0.2, -0.15) is 0 Å². The molecule has 1 atom stereocenters. The van der Waals surface area contributed by atoms with E-state index in [0.717, 1.165) is 13.1 Å². The summed E-state index contributed by atoms with van der Waals surface area (Å²) in [7, 11) is 0. The first kappa shape index (κ1) is 12.3. The molecule has 0 aliphatic carbocycles. The molecule has 0 fully saturated rings. The number of aromatic amines is 1. The SMILES string of the molecule is CCC(CCN(CC)CC)c1ccc[nH]1. The van der Waals surface area contributed by atoms with Crippen LogP contribution in [-0.2, 0) is 0 Å². The van der Waals surface area contributed by atoms with Crippen molar-refractivity contribution in [1.82, 2.24) is 9.88 Å². The number of nitrogens with zero attached hydrogens (tertiary/aromatic N) is 1. The van der Waals surface area contributed by atoms with Crippen molar-refractivity contribution in [3.63, 3.8) is 0 Å². The molecule has 1 N–H and O–H groups in total. The van der Waals surface area contributed by atoms with E-state index in [1.165, 1.54) is 25.1 Å². The lowest BCUT2D eigenvalue weighted by Crippen LogP contribution is -2.25.